The van der Waals surface area contributed by atoms with Crippen molar-refractivity contribution in [2.24, 2.45) is 0 Å². The number of para-hydroxylation sites is 1. The van der Waals surface area contributed by atoms with E-state index in [-0.39, 0.29) is 11.4 Å². The zero-order chi connectivity index (χ0) is 12.0. The molecule has 0 atom stereocenters. The van der Waals surface area contributed by atoms with Crippen LogP contribution in [0, 0.1) is 17.7 Å². The largest absolute Gasteiger partial charge is 0.399 e. The zero-order valence-electron chi connectivity index (χ0n) is 9.20. The highest BCUT2D eigenvalue weighted by atomic mass is 14.5. The Hall–Kier alpha value is -2.16. The molecular weight excluding hydrogens is 198 g/mol. The molecular formula is C13H15N3. The summed E-state index contributed by atoms with van der Waals surface area (Å²) in [7, 11) is 0. The third kappa shape index (κ3) is 3.53. The molecule has 3 nitrogen and oxygen atoms in total. The molecule has 1 aromatic rings. The first-order chi connectivity index (χ1) is 7.61. The molecule has 0 saturated carbocycles. The van der Waals surface area contributed by atoms with Crippen LogP contribution in [0.5, 0.6) is 0 Å². The van der Waals surface area contributed by atoms with Crippen LogP contribution in [0.25, 0.3) is 0 Å². The van der Waals surface area contributed by atoms with Crippen LogP contribution in [-0.2, 0) is 0 Å². The Kier molecular flexibility index (Phi) is 4.21. The molecule has 4 N–H and O–H groups in total. The van der Waals surface area contributed by atoms with Crippen molar-refractivity contribution in [2.45, 2.75) is 6.92 Å². The fourth-order valence-corrected chi connectivity index (χ4v) is 1.07. The number of nitrogens with one attached hydrogen (secondary N) is 2. The van der Waals surface area contributed by atoms with Crippen LogP contribution in [0.1, 0.15) is 5.56 Å². The minimum atomic E-state index is 0.285. The van der Waals surface area contributed by atoms with Gasteiger partial charge in [0.05, 0.1) is 11.4 Å². The van der Waals surface area contributed by atoms with Crippen molar-refractivity contribution in [2.75, 3.05) is 5.73 Å². The SMILES string of the molecule is Cc1ccccc1N.N=C1C=CC=CC1=N. The minimum absolute atomic E-state index is 0.285. The normalized spacial score (nSPS) is 13.3. The number of nitrogens with two attached hydrogens (primary N) is 1. The van der Waals surface area contributed by atoms with Gasteiger partial charge in [-0.2, -0.15) is 0 Å². The molecule has 2 rings (SSSR count). The highest BCUT2D eigenvalue weighted by molar-refractivity contribution is 6.48. The van der Waals surface area contributed by atoms with Crippen molar-refractivity contribution in [3.8, 4) is 0 Å². The monoisotopic (exact) mass is 213 g/mol. The molecule has 0 amide bonds. The van der Waals surface area contributed by atoms with E-state index in [1.807, 2.05) is 31.2 Å². The van der Waals surface area contributed by atoms with Crippen LogP contribution in [-0.4, -0.2) is 11.4 Å². The Balaban J connectivity index is 0.000000160. The summed E-state index contributed by atoms with van der Waals surface area (Å²) >= 11 is 0. The first-order valence-electron chi connectivity index (χ1n) is 4.94. The van der Waals surface area contributed by atoms with E-state index >= 15 is 0 Å². The first kappa shape index (κ1) is 11.9. The van der Waals surface area contributed by atoms with E-state index in [4.69, 9.17) is 16.6 Å². The maximum Gasteiger partial charge on any atom is 0.0789 e. The Morgan fingerprint density at radius 1 is 0.938 bits per heavy atom. The molecule has 1 aliphatic rings. The average molecular weight is 213 g/mol. The lowest BCUT2D eigenvalue weighted by atomic mass is 10.1. The number of hydrogen-bond donors (Lipinski definition) is 3. The molecule has 1 aromatic carbocycles. The van der Waals surface area contributed by atoms with Crippen LogP contribution in [0.3, 0.4) is 0 Å². The van der Waals surface area contributed by atoms with Gasteiger partial charge >= 0.3 is 0 Å². The molecule has 16 heavy (non-hydrogen) atoms. The third-order valence-corrected chi connectivity index (χ3v) is 2.12. The van der Waals surface area contributed by atoms with Crippen LogP contribution in [0.15, 0.2) is 48.6 Å². The van der Waals surface area contributed by atoms with Crippen LogP contribution in [0.2, 0.25) is 0 Å². The van der Waals surface area contributed by atoms with Gasteiger partial charge < -0.3 is 5.73 Å². The zero-order valence-corrected chi connectivity index (χ0v) is 9.20. The first-order valence-corrected chi connectivity index (χ1v) is 4.94. The van der Waals surface area contributed by atoms with Gasteiger partial charge in [-0.15, -0.1) is 0 Å². The quantitative estimate of drug-likeness (QED) is 0.450. The summed E-state index contributed by atoms with van der Waals surface area (Å²) in [5.74, 6) is 0. The smallest absolute Gasteiger partial charge is 0.0789 e. The van der Waals surface area contributed by atoms with E-state index < -0.39 is 0 Å². The maximum atomic E-state index is 7.03. The van der Waals surface area contributed by atoms with E-state index in [0.717, 1.165) is 11.3 Å². The van der Waals surface area contributed by atoms with Gasteiger partial charge in [0.25, 0.3) is 0 Å². The highest BCUT2D eigenvalue weighted by Crippen LogP contribution is 2.06. The van der Waals surface area contributed by atoms with Gasteiger partial charge in [-0.3, -0.25) is 10.8 Å². The molecule has 0 aliphatic heterocycles. The van der Waals surface area contributed by atoms with Crippen molar-refractivity contribution in [3.63, 3.8) is 0 Å². The Morgan fingerprint density at radius 3 is 1.75 bits per heavy atom. The molecule has 82 valence electrons. The summed E-state index contributed by atoms with van der Waals surface area (Å²) in [6, 6.07) is 7.80. The summed E-state index contributed by atoms with van der Waals surface area (Å²) in [6.07, 6.45) is 6.70. The van der Waals surface area contributed by atoms with E-state index in [1.165, 1.54) is 0 Å². The van der Waals surface area contributed by atoms with E-state index in [1.54, 1.807) is 24.3 Å². The molecule has 0 radical (unpaired) electrons. The summed E-state index contributed by atoms with van der Waals surface area (Å²) in [5, 5.41) is 14.1. The van der Waals surface area contributed by atoms with Crippen LogP contribution in [0.4, 0.5) is 5.69 Å². The molecule has 0 spiro atoms. The van der Waals surface area contributed by atoms with Crippen molar-refractivity contribution < 1.29 is 0 Å². The number of rotatable bonds is 0. The van der Waals surface area contributed by atoms with Crippen molar-refractivity contribution in [1.82, 2.24) is 0 Å². The second kappa shape index (κ2) is 5.66. The number of nitrogen functional groups attached to an aromatic ring is 1. The van der Waals surface area contributed by atoms with Crippen molar-refractivity contribution in [1.29, 1.82) is 10.8 Å². The fourth-order valence-electron chi connectivity index (χ4n) is 1.07. The molecule has 0 bridgehead atoms. The number of benzene rings is 1. The Labute approximate surface area is 95.3 Å². The Bertz CT molecular complexity index is 413. The second-order valence-electron chi connectivity index (χ2n) is 3.40. The minimum Gasteiger partial charge on any atom is -0.399 e. The third-order valence-electron chi connectivity index (χ3n) is 2.12. The number of aryl methyl sites for hydroxylation is 1. The average Bonchev–Trinajstić information content (AvgIpc) is 2.28. The number of hydrogen-bond acceptors (Lipinski definition) is 3. The summed E-state index contributed by atoms with van der Waals surface area (Å²) in [5.41, 5.74) is 8.10. The lowest BCUT2D eigenvalue weighted by Gasteiger charge is -1.96. The van der Waals surface area contributed by atoms with Gasteiger partial charge in [0, 0.05) is 5.69 Å². The Morgan fingerprint density at radius 2 is 1.44 bits per heavy atom. The fraction of sp³-hybridized carbons (Fsp3) is 0.0769. The van der Waals surface area contributed by atoms with Gasteiger partial charge in [0.2, 0.25) is 0 Å². The van der Waals surface area contributed by atoms with Gasteiger partial charge in [-0.1, -0.05) is 30.4 Å². The topological polar surface area (TPSA) is 73.7 Å². The molecule has 0 heterocycles. The number of allylic oxidation sites excluding steroid dienone is 4. The predicted octanol–water partition coefficient (Wildman–Crippen LogP) is 2.73. The second-order valence-corrected chi connectivity index (χ2v) is 3.40. The molecule has 0 fully saturated rings. The van der Waals surface area contributed by atoms with Gasteiger partial charge in [-0.05, 0) is 30.7 Å². The summed E-state index contributed by atoms with van der Waals surface area (Å²) in [4.78, 5) is 0. The van der Waals surface area contributed by atoms with Crippen molar-refractivity contribution >= 4 is 17.1 Å². The van der Waals surface area contributed by atoms with Crippen LogP contribution < -0.4 is 5.73 Å². The lowest BCUT2D eigenvalue weighted by molar-refractivity contribution is 1.47. The molecule has 1 aliphatic carbocycles. The van der Waals surface area contributed by atoms with Crippen LogP contribution >= 0.6 is 0 Å². The molecule has 0 unspecified atom stereocenters. The van der Waals surface area contributed by atoms with E-state index in [9.17, 15) is 0 Å². The molecule has 3 heteroatoms. The molecule has 0 saturated heterocycles. The number of anilines is 1. The van der Waals surface area contributed by atoms with Gasteiger partial charge in [0.1, 0.15) is 0 Å². The maximum absolute atomic E-state index is 7.03. The predicted molar refractivity (Wildman–Crippen MR) is 69.3 cm³/mol. The summed E-state index contributed by atoms with van der Waals surface area (Å²) < 4.78 is 0. The van der Waals surface area contributed by atoms with E-state index in [2.05, 4.69) is 0 Å². The molecule has 0 aromatic heterocycles. The van der Waals surface area contributed by atoms with Gasteiger partial charge in [-0.25, -0.2) is 0 Å². The highest BCUT2D eigenvalue weighted by Gasteiger charge is 1.97. The lowest BCUT2D eigenvalue weighted by Crippen LogP contribution is -2.06. The summed E-state index contributed by atoms with van der Waals surface area (Å²) in [6.45, 7) is 2.00. The van der Waals surface area contributed by atoms with E-state index in [0.29, 0.717) is 0 Å². The standard InChI is InChI=1S/C7H9N.C6H6N2/c1-6-4-2-3-5-7(6)8;7-5-3-1-2-4-6(5)8/h2-5H,8H2,1H3;1-4,7-8H. The van der Waals surface area contributed by atoms with Crippen molar-refractivity contribution in [3.05, 3.63) is 54.1 Å². The van der Waals surface area contributed by atoms with Gasteiger partial charge in [0.15, 0.2) is 0 Å².